The molecule has 0 spiro atoms. The van der Waals surface area contributed by atoms with Crippen LogP contribution in [0.5, 0.6) is 0 Å². The zero-order chi connectivity index (χ0) is 15.2. The molecular weight excluding hydrogens is 401 g/mol. The van der Waals surface area contributed by atoms with Crippen molar-refractivity contribution in [2.75, 3.05) is 20.7 Å². The number of ether oxygens (including phenoxy) is 1. The molecule has 0 bridgehead atoms. The third-order valence-electron chi connectivity index (χ3n) is 2.68. The van der Waals surface area contributed by atoms with Gasteiger partial charge in [0.2, 0.25) is 0 Å². The Kier molecular flexibility index (Phi) is 9.24. The van der Waals surface area contributed by atoms with Gasteiger partial charge in [-0.1, -0.05) is 23.7 Å². The quantitative estimate of drug-likeness (QED) is 0.440. The Morgan fingerprint density at radius 2 is 2.05 bits per heavy atom. The monoisotopic (exact) mass is 425 g/mol. The first-order valence-electron chi connectivity index (χ1n) is 6.63. The third kappa shape index (κ3) is 7.87. The number of halogens is 2. The maximum absolute atomic E-state index is 6.01. The van der Waals surface area contributed by atoms with Gasteiger partial charge in [-0.25, -0.2) is 0 Å². The molecule has 6 heteroatoms. The number of guanidine groups is 1. The van der Waals surface area contributed by atoms with Crippen molar-refractivity contribution in [1.29, 1.82) is 0 Å². The van der Waals surface area contributed by atoms with Gasteiger partial charge in [0, 0.05) is 31.3 Å². The van der Waals surface area contributed by atoms with Gasteiger partial charge in [0.1, 0.15) is 0 Å². The van der Waals surface area contributed by atoms with Crippen molar-refractivity contribution in [2.45, 2.75) is 32.4 Å². The molecular formula is C15H25ClIN3O. The van der Waals surface area contributed by atoms with E-state index in [2.05, 4.69) is 36.4 Å². The number of nitrogens with one attached hydrogen (secondary N) is 2. The molecule has 0 fully saturated rings. The van der Waals surface area contributed by atoms with E-state index >= 15 is 0 Å². The van der Waals surface area contributed by atoms with Gasteiger partial charge >= 0.3 is 0 Å². The molecule has 0 saturated heterocycles. The maximum Gasteiger partial charge on any atom is 0.191 e. The number of benzene rings is 1. The maximum atomic E-state index is 6.01. The SMILES string of the molecule is CN=C(NCC(OC)c1cccc(Cl)c1)NC(C)(C)C.I. The fourth-order valence-corrected chi connectivity index (χ4v) is 1.97. The molecule has 0 aliphatic heterocycles. The summed E-state index contributed by atoms with van der Waals surface area (Å²) in [5, 5.41) is 7.28. The van der Waals surface area contributed by atoms with Crippen molar-refractivity contribution >= 4 is 41.5 Å². The number of rotatable bonds is 4. The summed E-state index contributed by atoms with van der Waals surface area (Å²) in [5.74, 6) is 0.751. The lowest BCUT2D eigenvalue weighted by atomic mass is 10.1. The van der Waals surface area contributed by atoms with Crippen LogP contribution in [-0.4, -0.2) is 32.2 Å². The number of hydrogen-bond donors (Lipinski definition) is 2. The molecule has 1 atom stereocenters. The van der Waals surface area contributed by atoms with Crippen LogP contribution in [0.2, 0.25) is 5.02 Å². The Hall–Kier alpha value is -0.530. The van der Waals surface area contributed by atoms with Gasteiger partial charge in [0.25, 0.3) is 0 Å². The molecule has 1 aromatic carbocycles. The molecule has 0 radical (unpaired) electrons. The van der Waals surface area contributed by atoms with Crippen molar-refractivity contribution in [3.8, 4) is 0 Å². The normalized spacial score (nSPS) is 13.3. The molecule has 1 aromatic rings. The van der Waals surface area contributed by atoms with Crippen molar-refractivity contribution in [3.05, 3.63) is 34.9 Å². The molecule has 0 aliphatic carbocycles. The van der Waals surface area contributed by atoms with Crippen LogP contribution in [-0.2, 0) is 4.74 Å². The zero-order valence-corrected chi connectivity index (χ0v) is 16.3. The first-order valence-corrected chi connectivity index (χ1v) is 7.00. The molecule has 2 N–H and O–H groups in total. The lowest BCUT2D eigenvalue weighted by Gasteiger charge is -2.25. The van der Waals surface area contributed by atoms with Gasteiger partial charge in [0.15, 0.2) is 5.96 Å². The molecule has 0 amide bonds. The van der Waals surface area contributed by atoms with Crippen molar-refractivity contribution in [3.63, 3.8) is 0 Å². The summed E-state index contributed by atoms with van der Waals surface area (Å²) in [7, 11) is 3.44. The largest absolute Gasteiger partial charge is 0.375 e. The standard InChI is InChI=1S/C15H24ClN3O.HI/c1-15(2,3)19-14(17-4)18-10-13(20-5)11-7-6-8-12(16)9-11;/h6-9,13H,10H2,1-5H3,(H2,17,18,19);1H. The van der Waals surface area contributed by atoms with Gasteiger partial charge < -0.3 is 15.4 Å². The Labute approximate surface area is 149 Å². The van der Waals surface area contributed by atoms with Crippen LogP contribution >= 0.6 is 35.6 Å². The summed E-state index contributed by atoms with van der Waals surface area (Å²) in [5.41, 5.74) is 0.999. The van der Waals surface area contributed by atoms with Crippen LogP contribution in [0.15, 0.2) is 29.3 Å². The van der Waals surface area contributed by atoms with E-state index in [0.717, 1.165) is 11.5 Å². The Morgan fingerprint density at radius 3 is 2.52 bits per heavy atom. The summed E-state index contributed by atoms with van der Waals surface area (Å²) in [6.45, 7) is 6.88. The summed E-state index contributed by atoms with van der Waals surface area (Å²) in [6.07, 6.45) is -0.0766. The molecule has 120 valence electrons. The number of methoxy groups -OCH3 is 1. The van der Waals surface area contributed by atoms with Crippen LogP contribution in [0, 0.1) is 0 Å². The molecule has 21 heavy (non-hydrogen) atoms. The first-order chi connectivity index (χ1) is 9.35. The minimum atomic E-state index is -0.0766. The number of hydrogen-bond acceptors (Lipinski definition) is 2. The number of aliphatic imine (C=N–C) groups is 1. The van der Waals surface area contributed by atoms with E-state index in [4.69, 9.17) is 16.3 Å². The highest BCUT2D eigenvalue weighted by atomic mass is 127. The fraction of sp³-hybridized carbons (Fsp3) is 0.533. The van der Waals surface area contributed by atoms with E-state index in [9.17, 15) is 0 Å². The predicted molar refractivity (Wildman–Crippen MR) is 101 cm³/mol. The van der Waals surface area contributed by atoms with Gasteiger partial charge in [-0.2, -0.15) is 0 Å². The highest BCUT2D eigenvalue weighted by Gasteiger charge is 2.15. The lowest BCUT2D eigenvalue weighted by molar-refractivity contribution is 0.106. The van der Waals surface area contributed by atoms with E-state index in [1.165, 1.54) is 0 Å². The fourth-order valence-electron chi connectivity index (χ4n) is 1.77. The van der Waals surface area contributed by atoms with Crippen LogP contribution in [0.3, 0.4) is 0 Å². The van der Waals surface area contributed by atoms with Gasteiger partial charge in [-0.3, -0.25) is 4.99 Å². The number of nitrogens with zero attached hydrogens (tertiary/aromatic N) is 1. The average molecular weight is 426 g/mol. The highest BCUT2D eigenvalue weighted by molar-refractivity contribution is 14.0. The third-order valence-corrected chi connectivity index (χ3v) is 2.91. The van der Waals surface area contributed by atoms with Crippen molar-refractivity contribution in [1.82, 2.24) is 10.6 Å². The van der Waals surface area contributed by atoms with E-state index < -0.39 is 0 Å². The van der Waals surface area contributed by atoms with Crippen LogP contribution < -0.4 is 10.6 Å². The summed E-state index contributed by atoms with van der Waals surface area (Å²) < 4.78 is 5.51. The minimum Gasteiger partial charge on any atom is -0.375 e. The minimum absolute atomic E-state index is 0. The van der Waals surface area contributed by atoms with E-state index in [-0.39, 0.29) is 35.6 Å². The van der Waals surface area contributed by atoms with Gasteiger partial charge in [-0.05, 0) is 38.5 Å². The van der Waals surface area contributed by atoms with E-state index in [1.54, 1.807) is 14.2 Å². The van der Waals surface area contributed by atoms with E-state index in [1.807, 2.05) is 24.3 Å². The summed E-state index contributed by atoms with van der Waals surface area (Å²) in [6, 6.07) is 7.69. The zero-order valence-electron chi connectivity index (χ0n) is 13.2. The molecule has 0 aliphatic rings. The highest BCUT2D eigenvalue weighted by Crippen LogP contribution is 2.19. The lowest BCUT2D eigenvalue weighted by Crippen LogP contribution is -2.48. The first kappa shape index (κ1) is 20.5. The summed E-state index contributed by atoms with van der Waals surface area (Å²) in [4.78, 5) is 4.20. The Morgan fingerprint density at radius 1 is 1.38 bits per heavy atom. The van der Waals surface area contributed by atoms with Crippen molar-refractivity contribution < 1.29 is 4.74 Å². The molecule has 0 heterocycles. The molecule has 0 aromatic heterocycles. The van der Waals surface area contributed by atoms with Crippen LogP contribution in [0.25, 0.3) is 0 Å². The van der Waals surface area contributed by atoms with Gasteiger partial charge in [-0.15, -0.1) is 24.0 Å². The predicted octanol–water partition coefficient (Wildman–Crippen LogP) is 3.61. The second kappa shape index (κ2) is 9.48. The van der Waals surface area contributed by atoms with E-state index in [0.29, 0.717) is 11.6 Å². The molecule has 0 saturated carbocycles. The molecule has 4 nitrogen and oxygen atoms in total. The molecule has 1 unspecified atom stereocenters. The average Bonchev–Trinajstić information content (AvgIpc) is 2.36. The summed E-state index contributed by atoms with van der Waals surface area (Å²) >= 11 is 6.01. The van der Waals surface area contributed by atoms with Gasteiger partial charge in [0.05, 0.1) is 6.10 Å². The smallest absolute Gasteiger partial charge is 0.191 e. The van der Waals surface area contributed by atoms with Crippen molar-refractivity contribution in [2.24, 2.45) is 4.99 Å². The van der Waals surface area contributed by atoms with Crippen LogP contribution in [0.4, 0.5) is 0 Å². The second-order valence-corrected chi connectivity index (χ2v) is 6.04. The second-order valence-electron chi connectivity index (χ2n) is 5.61. The Balaban J connectivity index is 0.00000400. The molecule has 1 rings (SSSR count). The topological polar surface area (TPSA) is 45.7 Å². The van der Waals surface area contributed by atoms with Crippen LogP contribution in [0.1, 0.15) is 32.4 Å². The Bertz CT molecular complexity index is 460.